The van der Waals surface area contributed by atoms with Gasteiger partial charge in [0.05, 0.1) is 30.3 Å². The first-order valence-electron chi connectivity index (χ1n) is 9.68. The molecule has 4 aromatic rings. The molecule has 0 bridgehead atoms. The van der Waals surface area contributed by atoms with Gasteiger partial charge in [0.15, 0.2) is 5.65 Å². The minimum atomic E-state index is -0.348. The van der Waals surface area contributed by atoms with Crippen molar-refractivity contribution in [2.75, 3.05) is 7.11 Å². The fraction of sp³-hybridized carbons (Fsp3) is 0.318. The van der Waals surface area contributed by atoms with E-state index in [1.54, 1.807) is 24.9 Å². The van der Waals surface area contributed by atoms with Gasteiger partial charge >= 0.3 is 0 Å². The highest BCUT2D eigenvalue weighted by atomic mass is 16.5. The third-order valence-electron chi connectivity index (χ3n) is 5.04. The number of hydrogen-bond acceptors (Lipinski definition) is 5. The van der Waals surface area contributed by atoms with Crippen LogP contribution in [0.1, 0.15) is 24.6 Å². The predicted octanol–water partition coefficient (Wildman–Crippen LogP) is 3.68. The number of ether oxygens (including phenoxy) is 1. The van der Waals surface area contributed by atoms with Crippen LogP contribution in [0.15, 0.2) is 42.9 Å². The smallest absolute Gasteiger partial charge is 0.159 e. The van der Waals surface area contributed by atoms with E-state index in [2.05, 4.69) is 9.67 Å². The summed E-state index contributed by atoms with van der Waals surface area (Å²) in [7, 11) is 1.66. The van der Waals surface area contributed by atoms with Gasteiger partial charge in [-0.05, 0) is 51.0 Å². The van der Waals surface area contributed by atoms with Crippen molar-refractivity contribution in [3.05, 3.63) is 54.1 Å². The van der Waals surface area contributed by atoms with Gasteiger partial charge in [-0.15, -0.1) is 0 Å². The van der Waals surface area contributed by atoms with E-state index in [0.29, 0.717) is 13.0 Å². The molecule has 0 saturated heterocycles. The van der Waals surface area contributed by atoms with Crippen LogP contribution in [0, 0.1) is 13.8 Å². The van der Waals surface area contributed by atoms with Gasteiger partial charge in [0.25, 0.3) is 0 Å². The molecule has 3 heterocycles. The maximum absolute atomic E-state index is 9.62. The van der Waals surface area contributed by atoms with E-state index >= 15 is 0 Å². The Labute approximate surface area is 169 Å². The molecule has 0 spiro atoms. The van der Waals surface area contributed by atoms with Gasteiger partial charge in [-0.25, -0.2) is 14.6 Å². The predicted molar refractivity (Wildman–Crippen MR) is 112 cm³/mol. The van der Waals surface area contributed by atoms with E-state index in [0.717, 1.165) is 45.1 Å². The molecule has 0 saturated carbocycles. The molecule has 1 aromatic carbocycles. The lowest BCUT2D eigenvalue weighted by atomic mass is 10.1. The molecule has 0 aliphatic carbocycles. The SMILES string of the molecule is COc1cc(-n2cccn2)ccc1-c1nc2c(C)cn(CC[C@@H](C)O)c2nc1C. The molecule has 0 radical (unpaired) electrons. The molecule has 3 aromatic heterocycles. The van der Waals surface area contributed by atoms with E-state index in [9.17, 15) is 5.11 Å². The zero-order chi connectivity index (χ0) is 20.5. The number of aliphatic hydroxyl groups is 1. The Hall–Kier alpha value is -3.19. The number of methoxy groups -OCH3 is 1. The second-order valence-electron chi connectivity index (χ2n) is 7.31. The number of fused-ring (bicyclic) bond motifs is 1. The fourth-order valence-corrected chi connectivity index (χ4v) is 3.52. The molecule has 0 unspecified atom stereocenters. The number of nitrogens with zero attached hydrogens (tertiary/aromatic N) is 5. The standard InChI is InChI=1S/C22H25N5O2/c1-14-13-26(11-8-15(2)28)22-20(14)25-21(16(3)24-22)18-7-6-17(12-19(18)29-4)27-10-5-9-23-27/h5-7,9-10,12-13,15,28H,8,11H2,1-4H3/t15-/m1/s1. The summed E-state index contributed by atoms with van der Waals surface area (Å²) in [5.74, 6) is 0.723. The van der Waals surface area contributed by atoms with Crippen LogP contribution < -0.4 is 4.74 Å². The van der Waals surface area contributed by atoms with E-state index in [4.69, 9.17) is 14.7 Å². The van der Waals surface area contributed by atoms with Crippen molar-refractivity contribution >= 4 is 11.2 Å². The van der Waals surface area contributed by atoms with E-state index in [-0.39, 0.29) is 6.10 Å². The Balaban J connectivity index is 1.80. The summed E-state index contributed by atoms with van der Waals surface area (Å²) in [6.07, 6.45) is 6.02. The first kappa shape index (κ1) is 19.1. The average Bonchev–Trinajstić information content (AvgIpc) is 3.34. The Morgan fingerprint density at radius 3 is 2.72 bits per heavy atom. The largest absolute Gasteiger partial charge is 0.496 e. The molecular formula is C22H25N5O2. The van der Waals surface area contributed by atoms with E-state index in [1.807, 2.05) is 50.5 Å². The highest BCUT2D eigenvalue weighted by molar-refractivity contribution is 5.81. The number of aryl methyl sites for hydroxylation is 3. The molecule has 7 nitrogen and oxygen atoms in total. The third-order valence-corrected chi connectivity index (χ3v) is 5.04. The highest BCUT2D eigenvalue weighted by Crippen LogP contribution is 2.33. The normalized spacial score (nSPS) is 12.4. The van der Waals surface area contributed by atoms with Gasteiger partial charge in [0.1, 0.15) is 11.3 Å². The molecule has 29 heavy (non-hydrogen) atoms. The second kappa shape index (κ2) is 7.67. The molecule has 0 amide bonds. The first-order valence-corrected chi connectivity index (χ1v) is 9.68. The summed E-state index contributed by atoms with van der Waals surface area (Å²) in [5, 5.41) is 13.9. The van der Waals surface area contributed by atoms with Gasteiger partial charge < -0.3 is 14.4 Å². The average molecular weight is 391 g/mol. The number of benzene rings is 1. The van der Waals surface area contributed by atoms with Gasteiger partial charge in [0, 0.05) is 36.8 Å². The van der Waals surface area contributed by atoms with Gasteiger partial charge in [-0.1, -0.05) is 0 Å². The molecule has 7 heteroatoms. The van der Waals surface area contributed by atoms with Gasteiger partial charge in [-0.2, -0.15) is 5.10 Å². The summed E-state index contributed by atoms with van der Waals surface area (Å²) in [5.41, 5.74) is 6.23. The summed E-state index contributed by atoms with van der Waals surface area (Å²) in [6, 6.07) is 7.83. The van der Waals surface area contributed by atoms with E-state index in [1.165, 1.54) is 0 Å². The Morgan fingerprint density at radius 1 is 1.21 bits per heavy atom. The Morgan fingerprint density at radius 2 is 2.03 bits per heavy atom. The third kappa shape index (κ3) is 3.61. The lowest BCUT2D eigenvalue weighted by Crippen LogP contribution is -2.07. The minimum absolute atomic E-state index is 0.348. The number of hydrogen-bond donors (Lipinski definition) is 1. The summed E-state index contributed by atoms with van der Waals surface area (Å²) < 4.78 is 9.52. The number of aliphatic hydroxyl groups excluding tert-OH is 1. The van der Waals surface area contributed by atoms with Crippen LogP contribution in [0.25, 0.3) is 28.1 Å². The lowest BCUT2D eigenvalue weighted by Gasteiger charge is -2.13. The summed E-state index contributed by atoms with van der Waals surface area (Å²) >= 11 is 0. The Bertz CT molecular complexity index is 1150. The summed E-state index contributed by atoms with van der Waals surface area (Å²) in [6.45, 7) is 6.50. The number of aromatic nitrogens is 5. The fourth-order valence-electron chi connectivity index (χ4n) is 3.52. The second-order valence-corrected chi connectivity index (χ2v) is 7.31. The molecular weight excluding hydrogens is 366 g/mol. The zero-order valence-corrected chi connectivity index (χ0v) is 17.1. The quantitative estimate of drug-likeness (QED) is 0.542. The summed E-state index contributed by atoms with van der Waals surface area (Å²) in [4.78, 5) is 9.79. The molecule has 0 fully saturated rings. The molecule has 0 aliphatic rings. The zero-order valence-electron chi connectivity index (χ0n) is 17.1. The van der Waals surface area contributed by atoms with Crippen molar-refractivity contribution in [3.8, 4) is 22.7 Å². The van der Waals surface area contributed by atoms with Crippen LogP contribution in [0.2, 0.25) is 0 Å². The van der Waals surface area contributed by atoms with Crippen molar-refractivity contribution in [1.82, 2.24) is 24.3 Å². The molecule has 1 atom stereocenters. The van der Waals surface area contributed by atoms with Crippen molar-refractivity contribution in [2.45, 2.75) is 39.8 Å². The van der Waals surface area contributed by atoms with Crippen LogP contribution in [0.3, 0.4) is 0 Å². The maximum Gasteiger partial charge on any atom is 0.159 e. The van der Waals surface area contributed by atoms with Crippen molar-refractivity contribution in [1.29, 1.82) is 0 Å². The Kier molecular flexibility index (Phi) is 5.07. The molecule has 1 N–H and O–H groups in total. The first-order chi connectivity index (χ1) is 14.0. The van der Waals surface area contributed by atoms with E-state index < -0.39 is 0 Å². The van der Waals surface area contributed by atoms with Crippen LogP contribution in [0.5, 0.6) is 5.75 Å². The minimum Gasteiger partial charge on any atom is -0.496 e. The van der Waals surface area contributed by atoms with Gasteiger partial charge in [0.2, 0.25) is 0 Å². The van der Waals surface area contributed by atoms with Gasteiger partial charge in [-0.3, -0.25) is 0 Å². The van der Waals surface area contributed by atoms with Crippen LogP contribution in [0.4, 0.5) is 0 Å². The highest BCUT2D eigenvalue weighted by Gasteiger charge is 2.17. The topological polar surface area (TPSA) is 78.0 Å². The monoisotopic (exact) mass is 391 g/mol. The van der Waals surface area contributed by atoms with Crippen LogP contribution >= 0.6 is 0 Å². The molecule has 4 rings (SSSR count). The maximum atomic E-state index is 9.62. The van der Waals surface area contributed by atoms with Crippen LogP contribution in [-0.4, -0.2) is 42.6 Å². The number of rotatable bonds is 6. The lowest BCUT2D eigenvalue weighted by molar-refractivity contribution is 0.178. The molecule has 150 valence electrons. The molecule has 0 aliphatic heterocycles. The van der Waals surface area contributed by atoms with Crippen molar-refractivity contribution in [3.63, 3.8) is 0 Å². The van der Waals surface area contributed by atoms with Crippen molar-refractivity contribution in [2.24, 2.45) is 0 Å². The van der Waals surface area contributed by atoms with Crippen LogP contribution in [-0.2, 0) is 6.54 Å². The van der Waals surface area contributed by atoms with Crippen molar-refractivity contribution < 1.29 is 9.84 Å².